The maximum Gasteiger partial charge on any atom is 0.236 e. The van der Waals surface area contributed by atoms with Crippen molar-refractivity contribution in [3.8, 4) is 0 Å². The van der Waals surface area contributed by atoms with Crippen molar-refractivity contribution in [2.24, 2.45) is 16.3 Å². The third-order valence-corrected chi connectivity index (χ3v) is 3.90. The van der Waals surface area contributed by atoms with Crippen LogP contribution in [0.4, 0.5) is 0 Å². The molecule has 0 heterocycles. The summed E-state index contributed by atoms with van der Waals surface area (Å²) < 4.78 is 0. The number of aliphatic hydroxyl groups excluding tert-OH is 1. The highest BCUT2D eigenvalue weighted by Gasteiger charge is 2.47. The minimum absolute atomic E-state index is 0.00874. The summed E-state index contributed by atoms with van der Waals surface area (Å²) in [6.45, 7) is 2.90. The van der Waals surface area contributed by atoms with Crippen LogP contribution in [0.3, 0.4) is 0 Å². The molecule has 0 aromatic heterocycles. The molecule has 0 aromatic rings. The van der Waals surface area contributed by atoms with Gasteiger partial charge in [0.25, 0.3) is 0 Å². The quantitative estimate of drug-likeness (QED) is 0.277. The molecule has 0 spiro atoms. The Labute approximate surface area is 114 Å². The molecule has 0 aliphatic heterocycles. The second-order valence-electron chi connectivity index (χ2n) is 5.14. The number of nitrogens with zero attached hydrogens (tertiary/aromatic N) is 2. The lowest BCUT2D eigenvalue weighted by atomic mass is 9.83. The standard InChI is InChI=1S/C13H25N3O3/c1-2-3-8-16(9-10-17)12(18)13(11(14)15-19)6-4-5-7-13/h17,19H,2-10H2,1H3,(H2,14,15). The van der Waals surface area contributed by atoms with Crippen LogP contribution < -0.4 is 5.73 Å². The predicted octanol–water partition coefficient (Wildman–Crippen LogP) is 0.914. The first kappa shape index (κ1) is 15.8. The average Bonchev–Trinajstić information content (AvgIpc) is 2.92. The van der Waals surface area contributed by atoms with Gasteiger partial charge in [-0.05, 0) is 19.3 Å². The Morgan fingerprint density at radius 3 is 2.47 bits per heavy atom. The van der Waals surface area contributed by atoms with Gasteiger partial charge in [0.1, 0.15) is 5.41 Å². The highest BCUT2D eigenvalue weighted by Crippen LogP contribution is 2.40. The van der Waals surface area contributed by atoms with Gasteiger partial charge in [-0.25, -0.2) is 0 Å². The van der Waals surface area contributed by atoms with Crippen molar-refractivity contribution in [1.29, 1.82) is 0 Å². The number of carbonyl (C=O) groups excluding carboxylic acids is 1. The van der Waals surface area contributed by atoms with Crippen LogP contribution in [0.1, 0.15) is 45.4 Å². The molecule has 0 unspecified atom stereocenters. The van der Waals surface area contributed by atoms with Crippen molar-refractivity contribution in [3.05, 3.63) is 0 Å². The van der Waals surface area contributed by atoms with E-state index in [9.17, 15) is 4.79 Å². The second-order valence-corrected chi connectivity index (χ2v) is 5.14. The molecule has 0 aromatic carbocycles. The summed E-state index contributed by atoms with van der Waals surface area (Å²) in [6, 6.07) is 0. The summed E-state index contributed by atoms with van der Waals surface area (Å²) in [4.78, 5) is 14.4. The van der Waals surface area contributed by atoms with Crippen LogP contribution in [0, 0.1) is 5.41 Å². The second kappa shape index (κ2) is 7.33. The fourth-order valence-electron chi connectivity index (χ4n) is 2.74. The Bertz CT molecular complexity index is 325. The fraction of sp³-hybridized carbons (Fsp3) is 0.846. The van der Waals surface area contributed by atoms with Gasteiger partial charge in [0, 0.05) is 13.1 Å². The van der Waals surface area contributed by atoms with Gasteiger partial charge in [0.2, 0.25) is 5.91 Å². The van der Waals surface area contributed by atoms with Gasteiger partial charge in [0.15, 0.2) is 5.84 Å². The van der Waals surface area contributed by atoms with Crippen LogP contribution in [0.2, 0.25) is 0 Å². The number of unbranched alkanes of at least 4 members (excludes halogenated alkanes) is 1. The normalized spacial score (nSPS) is 18.5. The van der Waals surface area contributed by atoms with Crippen molar-refractivity contribution in [1.82, 2.24) is 4.90 Å². The molecule has 0 radical (unpaired) electrons. The van der Waals surface area contributed by atoms with Crippen molar-refractivity contribution in [2.75, 3.05) is 19.7 Å². The Balaban J connectivity index is 2.90. The third-order valence-electron chi connectivity index (χ3n) is 3.90. The Kier molecular flexibility index (Phi) is 6.08. The van der Waals surface area contributed by atoms with Crippen LogP contribution in [-0.2, 0) is 4.79 Å². The lowest BCUT2D eigenvalue weighted by Gasteiger charge is -2.33. The van der Waals surface area contributed by atoms with E-state index in [0.717, 1.165) is 25.7 Å². The molecule has 1 fully saturated rings. The first-order valence-corrected chi connectivity index (χ1v) is 7.00. The molecular weight excluding hydrogens is 246 g/mol. The molecule has 4 N–H and O–H groups in total. The van der Waals surface area contributed by atoms with Gasteiger partial charge in [0.05, 0.1) is 6.61 Å². The summed E-state index contributed by atoms with van der Waals surface area (Å²) in [5.41, 5.74) is 4.90. The van der Waals surface area contributed by atoms with E-state index in [1.165, 1.54) is 0 Å². The molecule has 1 amide bonds. The Hall–Kier alpha value is -1.30. The van der Waals surface area contributed by atoms with Crippen molar-refractivity contribution in [2.45, 2.75) is 45.4 Å². The molecule has 0 bridgehead atoms. The van der Waals surface area contributed by atoms with Crippen LogP contribution >= 0.6 is 0 Å². The summed E-state index contributed by atoms with van der Waals surface area (Å²) in [6.07, 6.45) is 4.92. The third kappa shape index (κ3) is 3.37. The van der Waals surface area contributed by atoms with Crippen LogP contribution in [0.5, 0.6) is 0 Å². The minimum Gasteiger partial charge on any atom is -0.409 e. The molecule has 6 nitrogen and oxygen atoms in total. The molecule has 0 saturated heterocycles. The van der Waals surface area contributed by atoms with E-state index in [1.807, 2.05) is 0 Å². The van der Waals surface area contributed by atoms with E-state index < -0.39 is 5.41 Å². The molecule has 6 heteroatoms. The number of hydrogen-bond acceptors (Lipinski definition) is 4. The lowest BCUT2D eigenvalue weighted by Crippen LogP contribution is -2.51. The molecule has 19 heavy (non-hydrogen) atoms. The highest BCUT2D eigenvalue weighted by atomic mass is 16.4. The smallest absolute Gasteiger partial charge is 0.236 e. The van der Waals surface area contributed by atoms with Crippen LogP contribution in [-0.4, -0.2) is 46.7 Å². The van der Waals surface area contributed by atoms with Gasteiger partial charge in [-0.2, -0.15) is 0 Å². The van der Waals surface area contributed by atoms with E-state index >= 15 is 0 Å². The molecule has 1 aliphatic rings. The van der Waals surface area contributed by atoms with Crippen molar-refractivity contribution >= 4 is 11.7 Å². The highest BCUT2D eigenvalue weighted by molar-refractivity contribution is 6.07. The van der Waals surface area contributed by atoms with Crippen LogP contribution in [0.25, 0.3) is 0 Å². The number of hydrogen-bond donors (Lipinski definition) is 3. The van der Waals surface area contributed by atoms with Crippen LogP contribution in [0.15, 0.2) is 5.16 Å². The minimum atomic E-state index is -0.863. The number of amides is 1. The zero-order valence-corrected chi connectivity index (χ0v) is 11.6. The zero-order valence-electron chi connectivity index (χ0n) is 11.6. The number of carbonyl (C=O) groups is 1. The number of aliphatic hydroxyl groups is 1. The summed E-state index contributed by atoms with van der Waals surface area (Å²) >= 11 is 0. The number of rotatable bonds is 7. The van der Waals surface area contributed by atoms with Gasteiger partial charge < -0.3 is 20.9 Å². The van der Waals surface area contributed by atoms with Crippen molar-refractivity contribution in [3.63, 3.8) is 0 Å². The molecule has 0 atom stereocenters. The Morgan fingerprint density at radius 2 is 2.00 bits per heavy atom. The van der Waals surface area contributed by atoms with Gasteiger partial charge in [-0.1, -0.05) is 31.3 Å². The summed E-state index contributed by atoms with van der Waals surface area (Å²) in [5, 5.41) is 21.1. The molecular formula is C13H25N3O3. The summed E-state index contributed by atoms with van der Waals surface area (Å²) in [5.74, 6) is -0.0998. The van der Waals surface area contributed by atoms with Gasteiger partial charge >= 0.3 is 0 Å². The molecule has 1 rings (SSSR count). The number of oxime groups is 1. The first-order valence-electron chi connectivity index (χ1n) is 7.00. The summed E-state index contributed by atoms with van der Waals surface area (Å²) in [7, 11) is 0. The van der Waals surface area contributed by atoms with E-state index in [0.29, 0.717) is 25.9 Å². The predicted molar refractivity (Wildman–Crippen MR) is 72.9 cm³/mol. The average molecular weight is 271 g/mol. The monoisotopic (exact) mass is 271 g/mol. The van der Waals surface area contributed by atoms with E-state index in [4.69, 9.17) is 16.0 Å². The molecule has 1 aliphatic carbocycles. The van der Waals surface area contributed by atoms with E-state index in [-0.39, 0.29) is 18.3 Å². The topological polar surface area (TPSA) is 99.2 Å². The Morgan fingerprint density at radius 1 is 1.37 bits per heavy atom. The van der Waals surface area contributed by atoms with E-state index in [2.05, 4.69) is 12.1 Å². The van der Waals surface area contributed by atoms with Crippen molar-refractivity contribution < 1.29 is 15.1 Å². The maximum atomic E-state index is 12.7. The fourth-order valence-corrected chi connectivity index (χ4v) is 2.74. The SMILES string of the molecule is CCCCN(CCO)C(=O)C1(C(N)=NO)CCCC1. The number of amidine groups is 1. The van der Waals surface area contributed by atoms with E-state index in [1.54, 1.807) is 4.90 Å². The van der Waals surface area contributed by atoms with Gasteiger partial charge in [-0.15, -0.1) is 0 Å². The number of nitrogens with two attached hydrogens (primary N) is 1. The van der Waals surface area contributed by atoms with Gasteiger partial charge in [-0.3, -0.25) is 4.79 Å². The molecule has 1 saturated carbocycles. The largest absolute Gasteiger partial charge is 0.409 e. The first-order chi connectivity index (χ1) is 9.12. The maximum absolute atomic E-state index is 12.7. The lowest BCUT2D eigenvalue weighted by molar-refractivity contribution is -0.138. The zero-order chi connectivity index (χ0) is 14.3. The molecule has 110 valence electrons.